The van der Waals surface area contributed by atoms with E-state index < -0.39 is 11.7 Å². The zero-order chi connectivity index (χ0) is 24.7. The largest absolute Gasteiger partial charge is 0.318 e. The number of carbonyl (C=O) groups excluding carboxylic acids is 1. The first-order valence-electron chi connectivity index (χ1n) is 11.8. The highest BCUT2D eigenvalue weighted by Gasteiger charge is 2.26. The van der Waals surface area contributed by atoms with E-state index in [1.165, 1.54) is 6.07 Å². The van der Waals surface area contributed by atoms with E-state index in [0.717, 1.165) is 41.4 Å². The van der Waals surface area contributed by atoms with E-state index in [4.69, 9.17) is 0 Å². The normalized spacial score (nSPS) is 13.4. The van der Waals surface area contributed by atoms with E-state index in [9.17, 15) is 9.18 Å². The smallest absolute Gasteiger partial charge is 0.274 e. The Kier molecular flexibility index (Phi) is 5.92. The molecule has 0 bridgehead atoms. The molecule has 1 amide bonds. The Labute approximate surface area is 203 Å². The van der Waals surface area contributed by atoms with Crippen LogP contribution in [0.25, 0.3) is 5.69 Å². The summed E-state index contributed by atoms with van der Waals surface area (Å²) >= 11 is 0. The average molecular weight is 474 g/mol. The third-order valence-electron chi connectivity index (χ3n) is 6.24. The van der Waals surface area contributed by atoms with Gasteiger partial charge in [0.2, 0.25) is 0 Å². The summed E-state index contributed by atoms with van der Waals surface area (Å²) in [5.41, 5.74) is 3.55. The Bertz CT molecular complexity index is 1400. The maximum atomic E-state index is 14.8. The third kappa shape index (κ3) is 4.71. The van der Waals surface area contributed by atoms with Gasteiger partial charge in [-0.25, -0.2) is 14.4 Å². The van der Waals surface area contributed by atoms with E-state index in [-0.39, 0.29) is 17.4 Å². The number of hydrogen-bond acceptors (Lipinski definition) is 5. The summed E-state index contributed by atoms with van der Waals surface area (Å²) in [6.07, 6.45) is 6.46. The van der Waals surface area contributed by atoms with Crippen LogP contribution >= 0.6 is 0 Å². The molecule has 1 saturated carbocycles. The van der Waals surface area contributed by atoms with Crippen LogP contribution in [0.2, 0.25) is 0 Å². The van der Waals surface area contributed by atoms with Gasteiger partial charge in [0.25, 0.3) is 5.91 Å². The fraction of sp³-hybridized carbons (Fsp3) is 0.346. The quantitative estimate of drug-likeness (QED) is 0.412. The maximum Gasteiger partial charge on any atom is 0.274 e. The number of pyridine rings is 1. The van der Waals surface area contributed by atoms with Gasteiger partial charge in [0.1, 0.15) is 23.2 Å². The van der Waals surface area contributed by atoms with Crippen molar-refractivity contribution in [2.45, 2.75) is 58.9 Å². The molecule has 1 aliphatic carbocycles. The molecule has 5 rings (SSSR count). The molecule has 3 aromatic heterocycles. The van der Waals surface area contributed by atoms with Crippen LogP contribution in [-0.4, -0.2) is 35.2 Å². The van der Waals surface area contributed by atoms with Crippen LogP contribution in [0.5, 0.6) is 0 Å². The molecule has 8 nitrogen and oxygen atoms in total. The fourth-order valence-electron chi connectivity index (χ4n) is 4.35. The summed E-state index contributed by atoms with van der Waals surface area (Å²) in [6.45, 7) is 7.88. The highest BCUT2D eigenvalue weighted by molar-refractivity contribution is 6.03. The number of imidazole rings is 1. The Morgan fingerprint density at radius 2 is 2.00 bits per heavy atom. The van der Waals surface area contributed by atoms with E-state index in [2.05, 4.69) is 39.3 Å². The molecular weight excluding hydrogens is 445 g/mol. The second-order valence-electron chi connectivity index (χ2n) is 9.37. The highest BCUT2D eigenvalue weighted by atomic mass is 19.1. The number of halogens is 1. The van der Waals surface area contributed by atoms with Crippen molar-refractivity contribution in [2.24, 2.45) is 0 Å². The molecule has 0 spiro atoms. The number of anilines is 1. The standard InChI is InChI=1S/C26H28FN7O/c1-15(2)34-17(4)31-32-25(34)11-19-6-5-7-21(29-19)26(35)30-22-12-24(16(3)10-20(22)27)33-13-23(28-14-33)18-8-9-18/h5-7,10,12-15,18H,8-9,11H2,1-4H3,(H,30,35). The van der Waals surface area contributed by atoms with Crippen LogP contribution in [-0.2, 0) is 6.42 Å². The van der Waals surface area contributed by atoms with E-state index in [1.807, 2.05) is 35.2 Å². The van der Waals surface area contributed by atoms with Crippen molar-refractivity contribution in [3.05, 3.63) is 83.0 Å². The number of aromatic nitrogens is 6. The van der Waals surface area contributed by atoms with E-state index >= 15 is 0 Å². The van der Waals surface area contributed by atoms with Crippen LogP contribution < -0.4 is 5.32 Å². The molecule has 1 fully saturated rings. The fourth-order valence-corrected chi connectivity index (χ4v) is 4.35. The lowest BCUT2D eigenvalue weighted by Gasteiger charge is -2.13. The first kappa shape index (κ1) is 22.9. The van der Waals surface area contributed by atoms with Gasteiger partial charge in [0, 0.05) is 23.9 Å². The molecule has 0 saturated heterocycles. The predicted molar refractivity (Wildman–Crippen MR) is 130 cm³/mol. The highest BCUT2D eigenvalue weighted by Crippen LogP contribution is 2.39. The van der Waals surface area contributed by atoms with Gasteiger partial charge in [0.05, 0.1) is 29.8 Å². The van der Waals surface area contributed by atoms with Crippen molar-refractivity contribution in [3.63, 3.8) is 0 Å². The van der Waals surface area contributed by atoms with Gasteiger partial charge in [-0.1, -0.05) is 6.07 Å². The summed E-state index contributed by atoms with van der Waals surface area (Å²) in [5.74, 6) is 1.15. The lowest BCUT2D eigenvalue weighted by atomic mass is 10.1. The number of nitrogens with zero attached hydrogens (tertiary/aromatic N) is 6. The monoisotopic (exact) mass is 473 g/mol. The first-order chi connectivity index (χ1) is 16.8. The summed E-state index contributed by atoms with van der Waals surface area (Å²) < 4.78 is 18.7. The number of carbonyl (C=O) groups is 1. The Morgan fingerprint density at radius 1 is 1.20 bits per heavy atom. The first-order valence-corrected chi connectivity index (χ1v) is 11.8. The minimum absolute atomic E-state index is 0.0969. The van der Waals surface area contributed by atoms with E-state index in [1.54, 1.807) is 24.5 Å². The van der Waals surface area contributed by atoms with Crippen LogP contribution in [0, 0.1) is 19.7 Å². The minimum Gasteiger partial charge on any atom is -0.318 e. The molecule has 1 aromatic carbocycles. The number of benzene rings is 1. The van der Waals surface area contributed by atoms with Gasteiger partial charge in [0.15, 0.2) is 0 Å². The van der Waals surface area contributed by atoms with Gasteiger partial charge >= 0.3 is 0 Å². The van der Waals surface area contributed by atoms with Gasteiger partial charge < -0.3 is 14.5 Å². The maximum absolute atomic E-state index is 14.8. The number of aryl methyl sites for hydroxylation is 2. The number of nitrogens with one attached hydrogen (secondary N) is 1. The van der Waals surface area contributed by atoms with Gasteiger partial charge in [-0.05, 0) is 70.4 Å². The molecule has 0 aliphatic heterocycles. The van der Waals surface area contributed by atoms with Gasteiger partial charge in [-0.3, -0.25) is 4.79 Å². The van der Waals surface area contributed by atoms with Crippen molar-refractivity contribution < 1.29 is 9.18 Å². The lowest BCUT2D eigenvalue weighted by molar-refractivity contribution is 0.102. The SMILES string of the molecule is Cc1cc(F)c(NC(=O)c2cccc(Cc3nnc(C)n3C(C)C)n2)cc1-n1cnc(C2CC2)c1. The predicted octanol–water partition coefficient (Wildman–Crippen LogP) is 4.92. The summed E-state index contributed by atoms with van der Waals surface area (Å²) in [6, 6.07) is 8.49. The van der Waals surface area contributed by atoms with Crippen molar-refractivity contribution >= 4 is 11.6 Å². The molecule has 4 aromatic rings. The molecule has 180 valence electrons. The molecule has 0 unspecified atom stereocenters. The lowest BCUT2D eigenvalue weighted by Crippen LogP contribution is -2.16. The molecule has 1 aliphatic rings. The zero-order valence-corrected chi connectivity index (χ0v) is 20.3. The summed E-state index contributed by atoms with van der Waals surface area (Å²) in [4.78, 5) is 22.0. The Hall–Kier alpha value is -3.88. The van der Waals surface area contributed by atoms with Crippen molar-refractivity contribution in [2.75, 3.05) is 5.32 Å². The Balaban J connectivity index is 1.37. The van der Waals surface area contributed by atoms with Gasteiger partial charge in [-0.15, -0.1) is 10.2 Å². The van der Waals surface area contributed by atoms with E-state index in [0.29, 0.717) is 18.0 Å². The summed E-state index contributed by atoms with van der Waals surface area (Å²) in [5, 5.41) is 11.1. The second-order valence-corrected chi connectivity index (χ2v) is 9.37. The topological polar surface area (TPSA) is 90.5 Å². The molecule has 9 heteroatoms. The molecule has 0 atom stereocenters. The van der Waals surface area contributed by atoms with Crippen LogP contribution in [0.4, 0.5) is 10.1 Å². The zero-order valence-electron chi connectivity index (χ0n) is 20.3. The summed E-state index contributed by atoms with van der Waals surface area (Å²) in [7, 11) is 0. The molecule has 1 N–H and O–H groups in total. The molecule has 0 radical (unpaired) electrons. The van der Waals surface area contributed by atoms with Crippen LogP contribution in [0.3, 0.4) is 0 Å². The van der Waals surface area contributed by atoms with Crippen molar-refractivity contribution in [3.8, 4) is 5.69 Å². The average Bonchev–Trinajstić information content (AvgIpc) is 3.44. The number of amides is 1. The van der Waals surface area contributed by atoms with Crippen molar-refractivity contribution in [1.82, 2.24) is 29.3 Å². The van der Waals surface area contributed by atoms with Crippen LogP contribution in [0.1, 0.15) is 77.7 Å². The Morgan fingerprint density at radius 3 is 2.74 bits per heavy atom. The molecule has 35 heavy (non-hydrogen) atoms. The molecular formula is C26H28FN7O. The van der Waals surface area contributed by atoms with Gasteiger partial charge in [-0.2, -0.15) is 0 Å². The number of hydrogen-bond donors (Lipinski definition) is 1. The van der Waals surface area contributed by atoms with Crippen molar-refractivity contribution in [1.29, 1.82) is 0 Å². The second kappa shape index (κ2) is 9.05. The minimum atomic E-state index is -0.501. The number of rotatable bonds is 7. The molecule has 3 heterocycles. The third-order valence-corrected chi connectivity index (χ3v) is 6.24. The van der Waals surface area contributed by atoms with Crippen LogP contribution in [0.15, 0.2) is 42.9 Å².